The molecule has 1 aromatic carbocycles. The van der Waals surface area contributed by atoms with Crippen LogP contribution in [0.5, 0.6) is 0 Å². The Balaban J connectivity index is 1.38. The van der Waals surface area contributed by atoms with Gasteiger partial charge in [-0.25, -0.2) is 0 Å². The van der Waals surface area contributed by atoms with E-state index in [1.807, 2.05) is 24.3 Å². The van der Waals surface area contributed by atoms with E-state index in [4.69, 9.17) is 0 Å². The molecule has 0 radical (unpaired) electrons. The third-order valence-electron chi connectivity index (χ3n) is 6.61. The molecule has 3 fully saturated rings. The predicted octanol–water partition coefficient (Wildman–Crippen LogP) is 1.50. The smallest absolute Gasteiger partial charge is 0.150 e. The van der Waals surface area contributed by atoms with Crippen LogP contribution >= 0.6 is 0 Å². The highest BCUT2D eigenvalue weighted by Gasteiger charge is 2.65. The normalized spacial score (nSPS) is 40.7. The molecule has 5 heteroatoms. The molecule has 0 spiro atoms. The fraction of sp³-hybridized carbons (Fsp3) is 0.650. The second-order valence-corrected chi connectivity index (χ2v) is 8.15. The van der Waals surface area contributed by atoms with Crippen molar-refractivity contribution < 1.29 is 15.0 Å². The Morgan fingerprint density at radius 1 is 1.32 bits per heavy atom. The van der Waals surface area contributed by atoms with Crippen LogP contribution in [-0.2, 0) is 0 Å². The maximum atomic E-state index is 10.9. The zero-order valence-electron chi connectivity index (χ0n) is 14.8. The van der Waals surface area contributed by atoms with Crippen LogP contribution in [0.3, 0.4) is 0 Å². The van der Waals surface area contributed by atoms with Crippen molar-refractivity contribution in [3.63, 3.8) is 0 Å². The van der Waals surface area contributed by atoms with Gasteiger partial charge < -0.3 is 15.5 Å². The van der Waals surface area contributed by atoms with Crippen LogP contribution in [-0.4, -0.2) is 58.4 Å². The highest BCUT2D eigenvalue weighted by atomic mass is 16.3. The fourth-order valence-electron chi connectivity index (χ4n) is 4.86. The quantitative estimate of drug-likeness (QED) is 0.539. The molecule has 7 unspecified atom stereocenters. The van der Waals surface area contributed by atoms with Crippen LogP contribution in [0.1, 0.15) is 54.4 Å². The third-order valence-corrected chi connectivity index (χ3v) is 6.61. The maximum Gasteiger partial charge on any atom is 0.150 e. The minimum Gasteiger partial charge on any atom is -0.393 e. The molecule has 136 valence electrons. The molecule has 2 saturated heterocycles. The van der Waals surface area contributed by atoms with E-state index in [0.29, 0.717) is 23.6 Å². The molecular weight excluding hydrogens is 316 g/mol. The molecule has 0 amide bonds. The Labute approximate surface area is 149 Å². The number of aliphatic hydroxyl groups is 2. The lowest BCUT2D eigenvalue weighted by Gasteiger charge is -2.24. The van der Waals surface area contributed by atoms with Crippen LogP contribution in [0.25, 0.3) is 0 Å². The van der Waals surface area contributed by atoms with Gasteiger partial charge in [-0.15, -0.1) is 0 Å². The van der Waals surface area contributed by atoms with Crippen molar-refractivity contribution in [2.75, 3.05) is 13.1 Å². The largest absolute Gasteiger partial charge is 0.393 e. The summed E-state index contributed by atoms with van der Waals surface area (Å²) in [6.07, 6.45) is 4.43. The third kappa shape index (κ3) is 3.14. The Morgan fingerprint density at radius 2 is 2.08 bits per heavy atom. The Bertz CT molecular complexity index is 634. The van der Waals surface area contributed by atoms with Crippen molar-refractivity contribution in [3.05, 3.63) is 35.4 Å². The first-order valence-corrected chi connectivity index (χ1v) is 9.47. The summed E-state index contributed by atoms with van der Waals surface area (Å²) in [4.78, 5) is 13.0. The van der Waals surface area contributed by atoms with Crippen molar-refractivity contribution in [2.24, 2.45) is 5.92 Å². The summed E-state index contributed by atoms with van der Waals surface area (Å²) in [5.41, 5.74) is 1.27. The molecule has 25 heavy (non-hydrogen) atoms. The van der Waals surface area contributed by atoms with E-state index in [1.54, 1.807) is 0 Å². The Morgan fingerprint density at radius 3 is 2.72 bits per heavy atom. The van der Waals surface area contributed by atoms with Crippen molar-refractivity contribution in [1.82, 2.24) is 10.2 Å². The van der Waals surface area contributed by atoms with Gasteiger partial charge in [0.2, 0.25) is 0 Å². The molecule has 1 saturated carbocycles. The van der Waals surface area contributed by atoms with E-state index < -0.39 is 5.72 Å². The number of carbonyl (C=O) groups excluding carboxylic acids is 1. The average Bonchev–Trinajstić information content (AvgIpc) is 2.99. The Hall–Kier alpha value is -1.27. The highest BCUT2D eigenvalue weighted by Crippen LogP contribution is 2.52. The summed E-state index contributed by atoms with van der Waals surface area (Å²) in [6, 6.07) is 8.52. The van der Waals surface area contributed by atoms with Crippen LogP contribution in [0.4, 0.5) is 0 Å². The standard InChI is InChI=1S/C20H28N2O3/c1-13(15-4-2-14(11-23)3-5-15)19-8-16(20(25)12-22(19)20)10-21-17-6-7-18(24)9-17/h2-5,11,13,16-19,21,24-25H,6-10,12H2,1H3. The van der Waals surface area contributed by atoms with E-state index in [0.717, 1.165) is 45.1 Å². The number of fused-ring (bicyclic) bond motifs is 1. The van der Waals surface area contributed by atoms with E-state index in [-0.39, 0.29) is 12.0 Å². The van der Waals surface area contributed by atoms with Gasteiger partial charge in [0.15, 0.2) is 0 Å². The lowest BCUT2D eigenvalue weighted by atomic mass is 9.87. The lowest BCUT2D eigenvalue weighted by Crippen LogP contribution is -2.37. The fourth-order valence-corrected chi connectivity index (χ4v) is 4.86. The van der Waals surface area contributed by atoms with E-state index in [2.05, 4.69) is 17.1 Å². The van der Waals surface area contributed by atoms with Gasteiger partial charge in [0.1, 0.15) is 12.0 Å². The van der Waals surface area contributed by atoms with Crippen LogP contribution in [0, 0.1) is 5.92 Å². The lowest BCUT2D eigenvalue weighted by molar-refractivity contribution is 0.0605. The van der Waals surface area contributed by atoms with Gasteiger partial charge in [-0.05, 0) is 37.2 Å². The van der Waals surface area contributed by atoms with Crippen molar-refractivity contribution in [2.45, 2.75) is 62.4 Å². The molecular formula is C20H28N2O3. The van der Waals surface area contributed by atoms with Gasteiger partial charge in [0.05, 0.1) is 6.10 Å². The molecule has 1 aliphatic carbocycles. The van der Waals surface area contributed by atoms with Gasteiger partial charge in [-0.1, -0.05) is 31.2 Å². The number of rotatable bonds is 6. The van der Waals surface area contributed by atoms with Gasteiger partial charge in [-0.3, -0.25) is 9.69 Å². The number of piperidine rings is 1. The Kier molecular flexibility index (Phi) is 4.44. The molecule has 3 N–H and O–H groups in total. The summed E-state index contributed by atoms with van der Waals surface area (Å²) in [5, 5.41) is 24.1. The number of nitrogens with zero attached hydrogens (tertiary/aromatic N) is 1. The van der Waals surface area contributed by atoms with Gasteiger partial charge in [-0.2, -0.15) is 0 Å². The summed E-state index contributed by atoms with van der Waals surface area (Å²) >= 11 is 0. The minimum absolute atomic E-state index is 0.163. The number of hydrogen-bond donors (Lipinski definition) is 3. The molecule has 7 atom stereocenters. The first-order valence-electron chi connectivity index (χ1n) is 9.47. The van der Waals surface area contributed by atoms with Gasteiger partial charge >= 0.3 is 0 Å². The predicted molar refractivity (Wildman–Crippen MR) is 95.4 cm³/mol. The molecule has 5 nitrogen and oxygen atoms in total. The molecule has 0 bridgehead atoms. The number of hydrogen-bond acceptors (Lipinski definition) is 5. The van der Waals surface area contributed by atoms with Gasteiger partial charge in [0.25, 0.3) is 0 Å². The van der Waals surface area contributed by atoms with Crippen LogP contribution in [0.15, 0.2) is 24.3 Å². The molecule has 3 aliphatic rings. The summed E-state index contributed by atoms with van der Waals surface area (Å²) in [6.45, 7) is 3.79. The maximum absolute atomic E-state index is 10.9. The average molecular weight is 344 g/mol. The monoisotopic (exact) mass is 344 g/mol. The molecule has 0 aromatic heterocycles. The number of aliphatic hydroxyl groups excluding tert-OH is 1. The zero-order valence-corrected chi connectivity index (χ0v) is 14.8. The van der Waals surface area contributed by atoms with Crippen molar-refractivity contribution in [1.29, 1.82) is 0 Å². The summed E-state index contributed by atoms with van der Waals surface area (Å²) in [7, 11) is 0. The van der Waals surface area contributed by atoms with Gasteiger partial charge in [0, 0.05) is 36.7 Å². The first-order chi connectivity index (χ1) is 12.0. The first kappa shape index (κ1) is 17.2. The second kappa shape index (κ2) is 6.47. The van der Waals surface area contributed by atoms with Crippen LogP contribution in [0.2, 0.25) is 0 Å². The van der Waals surface area contributed by atoms with E-state index in [1.165, 1.54) is 5.56 Å². The highest BCUT2D eigenvalue weighted by molar-refractivity contribution is 5.74. The molecule has 4 rings (SSSR count). The number of nitrogens with one attached hydrogen (secondary N) is 1. The number of benzene rings is 1. The molecule has 1 aromatic rings. The molecule has 2 heterocycles. The summed E-state index contributed by atoms with van der Waals surface area (Å²) in [5.74, 6) is 0.569. The van der Waals surface area contributed by atoms with Crippen molar-refractivity contribution in [3.8, 4) is 0 Å². The zero-order chi connectivity index (χ0) is 17.6. The van der Waals surface area contributed by atoms with Crippen molar-refractivity contribution >= 4 is 6.29 Å². The van der Waals surface area contributed by atoms with E-state index >= 15 is 0 Å². The number of carbonyl (C=O) groups is 1. The molecule has 2 aliphatic heterocycles. The number of aldehydes is 1. The van der Waals surface area contributed by atoms with Crippen LogP contribution < -0.4 is 5.32 Å². The minimum atomic E-state index is -0.647. The summed E-state index contributed by atoms with van der Waals surface area (Å²) < 4.78 is 0. The second-order valence-electron chi connectivity index (χ2n) is 8.15. The topological polar surface area (TPSA) is 72.6 Å². The van der Waals surface area contributed by atoms with E-state index in [9.17, 15) is 15.0 Å². The SMILES string of the molecule is CC(c1ccc(C=O)cc1)C1CC(CNC2CCC(O)C2)C2(O)CN12.